The Morgan fingerprint density at radius 2 is 2.20 bits per heavy atom. The third-order valence-electron chi connectivity index (χ3n) is 3.04. The van der Waals surface area contributed by atoms with Crippen LogP contribution < -0.4 is 0 Å². The molecule has 1 aliphatic heterocycles. The summed E-state index contributed by atoms with van der Waals surface area (Å²) in [4.78, 5) is 10.6. The molecule has 1 atom stereocenters. The number of hydrogen-bond acceptors (Lipinski definition) is 6. The van der Waals surface area contributed by atoms with E-state index in [1.54, 1.807) is 29.2 Å². The fraction of sp³-hybridized carbons (Fsp3) is 0.167. The molecular formula is C12H11NO4S3. The van der Waals surface area contributed by atoms with E-state index in [9.17, 15) is 19.2 Å². The molecule has 1 unspecified atom stereocenters. The lowest BCUT2D eigenvalue weighted by molar-refractivity contribution is -0.385. The van der Waals surface area contributed by atoms with Gasteiger partial charge in [0.25, 0.3) is 5.69 Å². The van der Waals surface area contributed by atoms with Crippen LogP contribution in [0.4, 0.5) is 5.69 Å². The zero-order valence-electron chi connectivity index (χ0n) is 10.1. The molecular weight excluding hydrogens is 318 g/mol. The highest BCUT2D eigenvalue weighted by Crippen LogP contribution is 2.63. The van der Waals surface area contributed by atoms with E-state index in [2.05, 4.69) is 0 Å². The fourth-order valence-electron chi connectivity index (χ4n) is 2.14. The van der Waals surface area contributed by atoms with Crippen molar-refractivity contribution in [3.05, 3.63) is 51.4 Å². The smallest absolute Gasteiger partial charge is 0.271 e. The Balaban J connectivity index is 1.98. The van der Waals surface area contributed by atoms with Gasteiger partial charge in [-0.2, -0.15) is 10.6 Å². The summed E-state index contributed by atoms with van der Waals surface area (Å²) in [6, 6.07) is 8.27. The third-order valence-corrected chi connectivity index (χ3v) is 7.42. The molecule has 0 bridgehead atoms. The molecule has 1 aliphatic rings. The van der Waals surface area contributed by atoms with Crippen LogP contribution in [-0.2, 0) is 0 Å². The van der Waals surface area contributed by atoms with E-state index in [-0.39, 0.29) is 16.7 Å². The highest BCUT2D eigenvalue weighted by atomic mass is 32.3. The first-order valence-corrected chi connectivity index (χ1v) is 9.19. The normalized spacial score (nSPS) is 21.4. The van der Waals surface area contributed by atoms with Gasteiger partial charge in [0, 0.05) is 12.1 Å². The SMILES string of the molecule is O=[N+]([O-])c1ccc2c(c1)S(O)(O)CC2Sc1cccs1. The first-order valence-electron chi connectivity index (χ1n) is 5.72. The van der Waals surface area contributed by atoms with Gasteiger partial charge < -0.3 is 0 Å². The number of thiophene rings is 1. The standard InChI is InChI=1S/C12H11NO4S3/c14-13(15)8-3-4-9-10(19-12-2-1-5-18-12)7-20(16,17)11(9)6-8/h1-6,10,16-17H,7H2. The first-order chi connectivity index (χ1) is 9.47. The number of non-ortho nitro benzene ring substituents is 1. The van der Waals surface area contributed by atoms with Crippen molar-refractivity contribution in [3.63, 3.8) is 0 Å². The fourth-order valence-corrected chi connectivity index (χ4v) is 6.70. The van der Waals surface area contributed by atoms with Gasteiger partial charge in [0.1, 0.15) is 0 Å². The maximum absolute atomic E-state index is 10.8. The Kier molecular flexibility index (Phi) is 3.51. The number of nitro benzene ring substituents is 1. The number of rotatable bonds is 3. The number of thioether (sulfide) groups is 1. The maximum atomic E-state index is 10.8. The highest BCUT2D eigenvalue weighted by molar-refractivity contribution is 8.25. The van der Waals surface area contributed by atoms with E-state index in [1.807, 2.05) is 17.5 Å². The molecule has 2 heterocycles. The van der Waals surface area contributed by atoms with Gasteiger partial charge in [0.05, 0.1) is 25.0 Å². The van der Waals surface area contributed by atoms with Crippen LogP contribution >= 0.6 is 33.7 Å². The molecule has 0 spiro atoms. The second kappa shape index (κ2) is 5.05. The molecule has 0 saturated heterocycles. The van der Waals surface area contributed by atoms with Crippen LogP contribution in [0.15, 0.2) is 44.8 Å². The van der Waals surface area contributed by atoms with Crippen molar-refractivity contribution in [2.45, 2.75) is 14.4 Å². The summed E-state index contributed by atoms with van der Waals surface area (Å²) in [5.41, 5.74) is 0.680. The third kappa shape index (κ3) is 2.45. The Morgan fingerprint density at radius 1 is 1.40 bits per heavy atom. The molecule has 8 heteroatoms. The van der Waals surface area contributed by atoms with Crippen molar-refractivity contribution >= 4 is 39.4 Å². The number of nitro groups is 1. The zero-order valence-corrected chi connectivity index (χ0v) is 12.6. The van der Waals surface area contributed by atoms with Gasteiger partial charge in [-0.25, -0.2) is 0 Å². The highest BCUT2D eigenvalue weighted by Gasteiger charge is 2.37. The molecule has 2 N–H and O–H groups in total. The van der Waals surface area contributed by atoms with Crippen LogP contribution in [0.3, 0.4) is 0 Å². The van der Waals surface area contributed by atoms with Crippen molar-refractivity contribution < 1.29 is 14.0 Å². The minimum Gasteiger partial charge on any atom is -0.295 e. The summed E-state index contributed by atoms with van der Waals surface area (Å²) in [5, 5.41) is 12.7. The largest absolute Gasteiger partial charge is 0.295 e. The summed E-state index contributed by atoms with van der Waals surface area (Å²) in [6.45, 7) is 0. The van der Waals surface area contributed by atoms with Crippen molar-refractivity contribution in [2.75, 3.05) is 5.75 Å². The van der Waals surface area contributed by atoms with Crippen LogP contribution in [0.25, 0.3) is 0 Å². The van der Waals surface area contributed by atoms with Gasteiger partial charge in [-0.3, -0.25) is 19.2 Å². The minimum absolute atomic E-state index is 0.0746. The van der Waals surface area contributed by atoms with Crippen LogP contribution in [-0.4, -0.2) is 19.8 Å². The Bertz CT molecular complexity index is 657. The Hall–Kier alpha value is -1.06. The predicted octanol–water partition coefficient (Wildman–Crippen LogP) is 4.61. The number of nitrogens with zero attached hydrogens (tertiary/aromatic N) is 1. The second-order valence-electron chi connectivity index (χ2n) is 4.35. The van der Waals surface area contributed by atoms with E-state index in [0.29, 0.717) is 4.90 Å². The Morgan fingerprint density at radius 3 is 2.85 bits per heavy atom. The van der Waals surface area contributed by atoms with E-state index in [0.717, 1.165) is 9.77 Å². The van der Waals surface area contributed by atoms with E-state index in [1.165, 1.54) is 12.1 Å². The van der Waals surface area contributed by atoms with Gasteiger partial charge in [-0.15, -0.1) is 23.1 Å². The van der Waals surface area contributed by atoms with Crippen molar-refractivity contribution in [1.82, 2.24) is 0 Å². The molecule has 5 nitrogen and oxygen atoms in total. The number of hydrogen-bond donors (Lipinski definition) is 2. The molecule has 2 aromatic rings. The number of fused-ring (bicyclic) bond motifs is 1. The van der Waals surface area contributed by atoms with Crippen LogP contribution in [0.1, 0.15) is 10.8 Å². The molecule has 0 radical (unpaired) electrons. The van der Waals surface area contributed by atoms with Gasteiger partial charge in [-0.05, 0) is 23.1 Å². The summed E-state index contributed by atoms with van der Waals surface area (Å²) in [5.74, 6) is 0.214. The molecule has 106 valence electrons. The molecule has 1 aromatic carbocycles. The molecule has 3 rings (SSSR count). The monoisotopic (exact) mass is 329 g/mol. The number of benzene rings is 1. The van der Waals surface area contributed by atoms with Gasteiger partial charge in [-0.1, -0.05) is 6.07 Å². The summed E-state index contributed by atoms with van der Waals surface area (Å²) < 4.78 is 21.4. The molecule has 0 aliphatic carbocycles. The first kappa shape index (κ1) is 13.9. The lowest BCUT2D eigenvalue weighted by Crippen LogP contribution is -1.98. The van der Waals surface area contributed by atoms with Crippen LogP contribution in [0.2, 0.25) is 0 Å². The summed E-state index contributed by atoms with van der Waals surface area (Å²) in [6.07, 6.45) is 0. The zero-order chi connectivity index (χ0) is 14.3. The molecule has 0 saturated carbocycles. The lowest BCUT2D eigenvalue weighted by Gasteiger charge is -2.27. The average Bonchev–Trinajstić information content (AvgIpc) is 2.97. The summed E-state index contributed by atoms with van der Waals surface area (Å²) in [7, 11) is -2.93. The van der Waals surface area contributed by atoms with Crippen molar-refractivity contribution in [1.29, 1.82) is 0 Å². The maximum Gasteiger partial charge on any atom is 0.271 e. The summed E-state index contributed by atoms with van der Waals surface area (Å²) >= 11 is 3.16. The topological polar surface area (TPSA) is 83.6 Å². The van der Waals surface area contributed by atoms with Crippen LogP contribution in [0, 0.1) is 10.1 Å². The molecule has 0 amide bonds. The van der Waals surface area contributed by atoms with Crippen molar-refractivity contribution in [2.24, 2.45) is 0 Å². The molecule has 0 fully saturated rings. The van der Waals surface area contributed by atoms with Gasteiger partial charge >= 0.3 is 0 Å². The second-order valence-corrected chi connectivity index (χ2v) is 8.91. The average molecular weight is 329 g/mol. The van der Waals surface area contributed by atoms with Crippen molar-refractivity contribution in [3.8, 4) is 0 Å². The minimum atomic E-state index is -2.93. The van der Waals surface area contributed by atoms with Gasteiger partial charge in [0.15, 0.2) is 0 Å². The molecule has 20 heavy (non-hydrogen) atoms. The van der Waals surface area contributed by atoms with E-state index < -0.39 is 15.5 Å². The lowest BCUT2D eigenvalue weighted by atomic mass is 10.1. The van der Waals surface area contributed by atoms with Crippen LogP contribution in [0.5, 0.6) is 0 Å². The Labute approximate surface area is 125 Å². The quantitative estimate of drug-likeness (QED) is 0.634. The van der Waals surface area contributed by atoms with Gasteiger partial charge in [0.2, 0.25) is 0 Å². The van der Waals surface area contributed by atoms with E-state index in [4.69, 9.17) is 0 Å². The molecule has 1 aromatic heterocycles. The van der Waals surface area contributed by atoms with E-state index >= 15 is 0 Å². The predicted molar refractivity (Wildman–Crippen MR) is 82.0 cm³/mol.